The van der Waals surface area contributed by atoms with E-state index in [0.717, 1.165) is 0 Å². The minimum Gasteiger partial charge on any atom is -0.396 e. The molecular formula is C8H17NO3. The Labute approximate surface area is 72.6 Å². The van der Waals surface area contributed by atoms with Gasteiger partial charge >= 0.3 is 0 Å². The lowest BCUT2D eigenvalue weighted by atomic mass is 10.1. The summed E-state index contributed by atoms with van der Waals surface area (Å²) in [5.41, 5.74) is -0.866. The molecule has 0 spiro atoms. The van der Waals surface area contributed by atoms with E-state index < -0.39 is 5.60 Å². The van der Waals surface area contributed by atoms with Gasteiger partial charge in [0, 0.05) is 19.6 Å². The molecule has 0 unspecified atom stereocenters. The fourth-order valence-corrected chi connectivity index (χ4v) is 0.643. The molecule has 0 radical (unpaired) electrons. The number of amides is 1. The van der Waals surface area contributed by atoms with Gasteiger partial charge in [0.2, 0.25) is 5.91 Å². The lowest BCUT2D eigenvalue weighted by Gasteiger charge is -2.17. The van der Waals surface area contributed by atoms with Crippen molar-refractivity contribution in [3.05, 3.63) is 0 Å². The molecule has 0 bridgehead atoms. The molecule has 0 atom stereocenters. The Hall–Kier alpha value is -0.610. The highest BCUT2D eigenvalue weighted by atomic mass is 16.3. The highest BCUT2D eigenvalue weighted by Gasteiger charge is 2.13. The van der Waals surface area contributed by atoms with E-state index in [0.29, 0.717) is 12.8 Å². The van der Waals surface area contributed by atoms with Gasteiger partial charge in [-0.1, -0.05) is 0 Å². The number of hydrogen-bond donors (Lipinski definition) is 3. The van der Waals surface area contributed by atoms with Crippen molar-refractivity contribution in [2.75, 3.05) is 13.2 Å². The smallest absolute Gasteiger partial charge is 0.220 e. The van der Waals surface area contributed by atoms with E-state index in [4.69, 9.17) is 5.11 Å². The number of aliphatic hydroxyl groups excluding tert-OH is 1. The molecule has 3 N–H and O–H groups in total. The molecule has 4 heteroatoms. The number of aliphatic hydroxyl groups is 2. The van der Waals surface area contributed by atoms with Gasteiger partial charge in [0.1, 0.15) is 0 Å². The molecule has 0 rings (SSSR count). The third-order valence-corrected chi connectivity index (χ3v) is 1.28. The summed E-state index contributed by atoms with van der Waals surface area (Å²) in [7, 11) is 0. The summed E-state index contributed by atoms with van der Waals surface area (Å²) in [6.07, 6.45) is 0.782. The zero-order valence-electron chi connectivity index (χ0n) is 7.63. The van der Waals surface area contributed by atoms with Gasteiger partial charge in [-0.05, 0) is 20.3 Å². The second-order valence-electron chi connectivity index (χ2n) is 3.42. The monoisotopic (exact) mass is 175 g/mol. The Morgan fingerprint density at radius 3 is 2.50 bits per heavy atom. The van der Waals surface area contributed by atoms with Crippen molar-refractivity contribution >= 4 is 5.91 Å². The Morgan fingerprint density at radius 1 is 1.50 bits per heavy atom. The van der Waals surface area contributed by atoms with Gasteiger partial charge in [-0.15, -0.1) is 0 Å². The summed E-state index contributed by atoms with van der Waals surface area (Å²) in [4.78, 5) is 10.9. The van der Waals surface area contributed by atoms with Crippen molar-refractivity contribution in [3.63, 3.8) is 0 Å². The summed E-state index contributed by atoms with van der Waals surface area (Å²) >= 11 is 0. The quantitative estimate of drug-likeness (QED) is 0.534. The molecule has 0 aromatic heterocycles. The number of hydrogen-bond acceptors (Lipinski definition) is 3. The van der Waals surface area contributed by atoms with E-state index in [1.807, 2.05) is 0 Å². The summed E-state index contributed by atoms with van der Waals surface area (Å²) in [6, 6.07) is 0. The third-order valence-electron chi connectivity index (χ3n) is 1.28. The van der Waals surface area contributed by atoms with Gasteiger partial charge in [-0.25, -0.2) is 0 Å². The van der Waals surface area contributed by atoms with Crippen molar-refractivity contribution in [1.29, 1.82) is 0 Å². The van der Waals surface area contributed by atoms with Crippen molar-refractivity contribution in [2.24, 2.45) is 0 Å². The first-order valence-electron chi connectivity index (χ1n) is 4.05. The van der Waals surface area contributed by atoms with Crippen LogP contribution in [0.1, 0.15) is 26.7 Å². The van der Waals surface area contributed by atoms with E-state index in [-0.39, 0.29) is 19.1 Å². The molecule has 4 nitrogen and oxygen atoms in total. The van der Waals surface area contributed by atoms with Crippen LogP contribution in [0.4, 0.5) is 0 Å². The lowest BCUT2D eigenvalue weighted by molar-refractivity contribution is -0.122. The van der Waals surface area contributed by atoms with Crippen LogP contribution < -0.4 is 5.32 Å². The van der Waals surface area contributed by atoms with Crippen LogP contribution in [0.3, 0.4) is 0 Å². The van der Waals surface area contributed by atoms with E-state index in [2.05, 4.69) is 5.32 Å². The molecule has 0 aliphatic carbocycles. The molecule has 1 amide bonds. The fraction of sp³-hybridized carbons (Fsp3) is 0.875. The van der Waals surface area contributed by atoms with Crippen LogP contribution in [0.5, 0.6) is 0 Å². The van der Waals surface area contributed by atoms with Gasteiger partial charge in [0.15, 0.2) is 0 Å². The first-order chi connectivity index (χ1) is 5.45. The number of carbonyl (C=O) groups is 1. The number of rotatable bonds is 5. The molecule has 12 heavy (non-hydrogen) atoms. The predicted octanol–water partition coefficient (Wildman–Crippen LogP) is -0.354. The molecule has 0 aromatic rings. The zero-order chi connectivity index (χ0) is 9.61. The summed E-state index contributed by atoms with van der Waals surface area (Å²) < 4.78 is 0. The molecule has 72 valence electrons. The average molecular weight is 175 g/mol. The normalized spacial score (nSPS) is 11.3. The molecule has 0 aliphatic heterocycles. The molecule has 0 aromatic carbocycles. The van der Waals surface area contributed by atoms with E-state index in [1.54, 1.807) is 13.8 Å². The molecule has 0 saturated carbocycles. The maximum Gasteiger partial charge on any atom is 0.220 e. The van der Waals surface area contributed by atoms with E-state index >= 15 is 0 Å². The minimum absolute atomic E-state index is 0.0237. The van der Waals surface area contributed by atoms with Gasteiger partial charge in [0.25, 0.3) is 0 Å². The minimum atomic E-state index is -0.866. The third kappa shape index (κ3) is 7.50. The predicted molar refractivity (Wildman–Crippen MR) is 45.6 cm³/mol. The van der Waals surface area contributed by atoms with Gasteiger partial charge < -0.3 is 15.5 Å². The molecule has 0 fully saturated rings. The highest BCUT2D eigenvalue weighted by molar-refractivity contribution is 5.75. The second kappa shape index (κ2) is 5.11. The first kappa shape index (κ1) is 11.4. The molecule has 0 aliphatic rings. The molecule has 0 saturated heterocycles. The van der Waals surface area contributed by atoms with Gasteiger partial charge in [-0.2, -0.15) is 0 Å². The van der Waals surface area contributed by atoms with Crippen LogP contribution in [0, 0.1) is 0 Å². The van der Waals surface area contributed by atoms with Crippen LogP contribution in [-0.4, -0.2) is 34.9 Å². The SMILES string of the molecule is CC(C)(O)CNC(=O)CCCO. The first-order valence-corrected chi connectivity index (χ1v) is 4.05. The van der Waals surface area contributed by atoms with Crippen molar-refractivity contribution in [2.45, 2.75) is 32.3 Å². The Morgan fingerprint density at radius 2 is 2.08 bits per heavy atom. The maximum absolute atomic E-state index is 10.9. The summed E-state index contributed by atoms with van der Waals surface area (Å²) in [6.45, 7) is 3.52. The molecular weight excluding hydrogens is 158 g/mol. The maximum atomic E-state index is 10.9. The number of carbonyl (C=O) groups excluding carboxylic acids is 1. The fourth-order valence-electron chi connectivity index (χ4n) is 0.643. The van der Waals surface area contributed by atoms with E-state index in [9.17, 15) is 9.90 Å². The topological polar surface area (TPSA) is 69.6 Å². The van der Waals surface area contributed by atoms with Crippen molar-refractivity contribution in [3.8, 4) is 0 Å². The lowest BCUT2D eigenvalue weighted by Crippen LogP contribution is -2.38. The Kier molecular flexibility index (Phi) is 4.85. The van der Waals surface area contributed by atoms with Crippen molar-refractivity contribution < 1.29 is 15.0 Å². The standard InChI is InChI=1S/C8H17NO3/c1-8(2,12)6-9-7(11)4-3-5-10/h10,12H,3-6H2,1-2H3,(H,9,11). The summed E-state index contributed by atoms with van der Waals surface area (Å²) in [5, 5.41) is 20.2. The average Bonchev–Trinajstić information content (AvgIpc) is 1.95. The Bertz CT molecular complexity index is 140. The number of nitrogens with one attached hydrogen (secondary N) is 1. The zero-order valence-corrected chi connectivity index (χ0v) is 7.63. The highest BCUT2D eigenvalue weighted by Crippen LogP contribution is 1.97. The van der Waals surface area contributed by atoms with Gasteiger partial charge in [-0.3, -0.25) is 4.79 Å². The van der Waals surface area contributed by atoms with Crippen LogP contribution in [-0.2, 0) is 4.79 Å². The largest absolute Gasteiger partial charge is 0.396 e. The molecule has 0 heterocycles. The van der Waals surface area contributed by atoms with Crippen LogP contribution >= 0.6 is 0 Å². The van der Waals surface area contributed by atoms with Crippen molar-refractivity contribution in [1.82, 2.24) is 5.32 Å². The second-order valence-corrected chi connectivity index (χ2v) is 3.42. The Balaban J connectivity index is 3.44. The van der Waals surface area contributed by atoms with Gasteiger partial charge in [0.05, 0.1) is 5.60 Å². The van der Waals surface area contributed by atoms with Crippen LogP contribution in [0.2, 0.25) is 0 Å². The summed E-state index contributed by atoms with van der Waals surface area (Å²) in [5.74, 6) is -0.133. The van der Waals surface area contributed by atoms with Crippen LogP contribution in [0.15, 0.2) is 0 Å². The van der Waals surface area contributed by atoms with E-state index in [1.165, 1.54) is 0 Å². The van der Waals surface area contributed by atoms with Crippen LogP contribution in [0.25, 0.3) is 0 Å².